The van der Waals surface area contributed by atoms with Crippen molar-refractivity contribution in [2.75, 3.05) is 6.54 Å². The van der Waals surface area contributed by atoms with E-state index in [1.807, 2.05) is 0 Å². The van der Waals surface area contributed by atoms with Crippen LogP contribution < -0.4 is 5.73 Å². The molecule has 1 nitrogen and oxygen atoms in total. The summed E-state index contributed by atoms with van der Waals surface area (Å²) >= 11 is 0. The lowest BCUT2D eigenvalue weighted by Crippen LogP contribution is -2.30. The van der Waals surface area contributed by atoms with Crippen LogP contribution in [-0.2, 0) is 5.41 Å². The fourth-order valence-electron chi connectivity index (χ4n) is 3.29. The van der Waals surface area contributed by atoms with E-state index in [0.29, 0.717) is 6.54 Å². The number of rotatable bonds is 3. The van der Waals surface area contributed by atoms with Crippen molar-refractivity contribution >= 4 is 0 Å². The van der Waals surface area contributed by atoms with Crippen molar-refractivity contribution in [3.05, 3.63) is 83.4 Å². The Morgan fingerprint density at radius 1 is 0.850 bits per heavy atom. The molecule has 1 aliphatic rings. The molecule has 0 amide bonds. The Labute approximate surface area is 121 Å². The molecule has 0 heterocycles. The maximum absolute atomic E-state index is 5.80. The van der Waals surface area contributed by atoms with Gasteiger partial charge in [0.25, 0.3) is 0 Å². The Morgan fingerprint density at radius 3 is 1.80 bits per heavy atom. The molecule has 3 rings (SSSR count). The smallest absolute Gasteiger partial charge is 0.0240 e. The Bertz CT molecular complexity index is 544. The maximum Gasteiger partial charge on any atom is 0.0240 e. The first kappa shape index (κ1) is 13.1. The van der Waals surface area contributed by atoms with Gasteiger partial charge in [-0.05, 0) is 30.4 Å². The summed E-state index contributed by atoms with van der Waals surface area (Å²) in [6.07, 6.45) is 5.64. The zero-order chi connectivity index (χ0) is 13.8. The Hall–Kier alpha value is -1.86. The predicted molar refractivity (Wildman–Crippen MR) is 84.7 cm³/mol. The van der Waals surface area contributed by atoms with Gasteiger partial charge in [-0.15, -0.1) is 0 Å². The van der Waals surface area contributed by atoms with E-state index in [1.165, 1.54) is 16.7 Å². The second-order valence-electron chi connectivity index (χ2n) is 5.58. The quantitative estimate of drug-likeness (QED) is 0.831. The summed E-state index contributed by atoms with van der Waals surface area (Å²) in [5, 5.41) is 0. The van der Waals surface area contributed by atoms with E-state index in [2.05, 4.69) is 66.7 Å². The summed E-state index contributed by atoms with van der Waals surface area (Å²) in [6.45, 7) is 0.694. The third kappa shape index (κ3) is 2.30. The van der Waals surface area contributed by atoms with Crippen LogP contribution in [0, 0.1) is 0 Å². The monoisotopic (exact) mass is 263 g/mol. The highest BCUT2D eigenvalue weighted by molar-refractivity contribution is 5.42. The molecule has 2 N–H and O–H groups in total. The van der Waals surface area contributed by atoms with Crippen molar-refractivity contribution in [3.63, 3.8) is 0 Å². The topological polar surface area (TPSA) is 26.0 Å². The van der Waals surface area contributed by atoms with Gasteiger partial charge in [0, 0.05) is 12.0 Å². The highest BCUT2D eigenvalue weighted by Gasteiger charge is 2.35. The lowest BCUT2D eigenvalue weighted by Gasteiger charge is -2.38. The zero-order valence-electron chi connectivity index (χ0n) is 11.8. The molecule has 0 aromatic heterocycles. The molecule has 102 valence electrons. The van der Waals surface area contributed by atoms with Crippen LogP contribution in [0.5, 0.6) is 0 Å². The fourth-order valence-corrected chi connectivity index (χ4v) is 3.29. The second kappa shape index (κ2) is 5.64. The first-order valence-electron chi connectivity index (χ1n) is 7.34. The standard InChI is InChI=1S/C19H21N/c20-15-16-11-13-19(14-12-16,17-7-3-1-4-8-17)18-9-5-2-6-10-18/h1-11H,12-15,20H2. The second-order valence-corrected chi connectivity index (χ2v) is 5.58. The van der Waals surface area contributed by atoms with Crippen LogP contribution in [0.25, 0.3) is 0 Å². The average molecular weight is 263 g/mol. The molecule has 0 spiro atoms. The SMILES string of the molecule is NCC1=CCC(c2ccccc2)(c2ccccc2)CC1. The predicted octanol–water partition coefficient (Wildman–Crippen LogP) is 4.04. The summed E-state index contributed by atoms with van der Waals surface area (Å²) in [5.74, 6) is 0. The molecule has 0 bridgehead atoms. The molecule has 20 heavy (non-hydrogen) atoms. The molecular formula is C19H21N. The molecule has 0 unspecified atom stereocenters. The van der Waals surface area contributed by atoms with Crippen LogP contribution >= 0.6 is 0 Å². The molecule has 1 aliphatic carbocycles. The molecule has 1 heteroatoms. The summed E-state index contributed by atoms with van der Waals surface area (Å²) in [4.78, 5) is 0. The molecule has 0 aliphatic heterocycles. The van der Waals surface area contributed by atoms with Crippen LogP contribution in [0.3, 0.4) is 0 Å². The summed E-state index contributed by atoms with van der Waals surface area (Å²) < 4.78 is 0. The van der Waals surface area contributed by atoms with Crippen molar-refractivity contribution < 1.29 is 0 Å². The van der Waals surface area contributed by atoms with Gasteiger partial charge in [0.15, 0.2) is 0 Å². The van der Waals surface area contributed by atoms with Crippen LogP contribution in [0.2, 0.25) is 0 Å². The normalized spacial score (nSPS) is 17.6. The van der Waals surface area contributed by atoms with Gasteiger partial charge in [-0.2, -0.15) is 0 Å². The molecule has 0 atom stereocenters. The largest absolute Gasteiger partial charge is 0.327 e. The Morgan fingerprint density at radius 2 is 1.40 bits per heavy atom. The number of hydrogen-bond donors (Lipinski definition) is 1. The first-order valence-corrected chi connectivity index (χ1v) is 7.34. The minimum Gasteiger partial charge on any atom is -0.327 e. The van der Waals surface area contributed by atoms with Crippen LogP contribution in [0.4, 0.5) is 0 Å². The maximum atomic E-state index is 5.80. The molecule has 2 aromatic rings. The number of allylic oxidation sites excluding steroid dienone is 1. The van der Waals surface area contributed by atoms with Crippen LogP contribution in [0.15, 0.2) is 72.3 Å². The highest BCUT2D eigenvalue weighted by atomic mass is 14.5. The van der Waals surface area contributed by atoms with Crippen LogP contribution in [-0.4, -0.2) is 6.54 Å². The van der Waals surface area contributed by atoms with E-state index in [9.17, 15) is 0 Å². The van der Waals surface area contributed by atoms with Gasteiger partial charge < -0.3 is 5.73 Å². The van der Waals surface area contributed by atoms with Crippen molar-refractivity contribution in [1.82, 2.24) is 0 Å². The van der Waals surface area contributed by atoms with Crippen molar-refractivity contribution in [1.29, 1.82) is 0 Å². The fraction of sp³-hybridized carbons (Fsp3) is 0.263. The third-order valence-electron chi connectivity index (χ3n) is 4.53. The van der Waals surface area contributed by atoms with Gasteiger partial charge in [-0.1, -0.05) is 72.3 Å². The van der Waals surface area contributed by atoms with Gasteiger partial charge in [-0.25, -0.2) is 0 Å². The van der Waals surface area contributed by atoms with Gasteiger partial charge in [-0.3, -0.25) is 0 Å². The highest BCUT2D eigenvalue weighted by Crippen LogP contribution is 2.43. The van der Waals surface area contributed by atoms with E-state index in [1.54, 1.807) is 0 Å². The van der Waals surface area contributed by atoms with E-state index in [4.69, 9.17) is 5.73 Å². The molecule has 0 saturated carbocycles. The minimum absolute atomic E-state index is 0.112. The summed E-state index contributed by atoms with van der Waals surface area (Å²) in [7, 11) is 0. The Kier molecular flexibility index (Phi) is 3.70. The number of nitrogens with two attached hydrogens (primary N) is 1. The van der Waals surface area contributed by atoms with Gasteiger partial charge in [0.1, 0.15) is 0 Å². The molecule has 0 radical (unpaired) electrons. The summed E-state index contributed by atoms with van der Waals surface area (Å²) in [5.41, 5.74) is 10.1. The zero-order valence-corrected chi connectivity index (χ0v) is 11.8. The molecule has 0 fully saturated rings. The van der Waals surface area contributed by atoms with E-state index >= 15 is 0 Å². The lowest BCUT2D eigenvalue weighted by molar-refractivity contribution is 0.453. The summed E-state index contributed by atoms with van der Waals surface area (Å²) in [6, 6.07) is 21.8. The minimum atomic E-state index is 0.112. The number of benzene rings is 2. The van der Waals surface area contributed by atoms with Gasteiger partial charge >= 0.3 is 0 Å². The van der Waals surface area contributed by atoms with Crippen molar-refractivity contribution in [2.45, 2.75) is 24.7 Å². The van der Waals surface area contributed by atoms with Gasteiger partial charge in [0.2, 0.25) is 0 Å². The van der Waals surface area contributed by atoms with E-state index < -0.39 is 0 Å². The lowest BCUT2D eigenvalue weighted by atomic mass is 9.66. The molecule has 2 aromatic carbocycles. The van der Waals surface area contributed by atoms with Crippen molar-refractivity contribution in [3.8, 4) is 0 Å². The van der Waals surface area contributed by atoms with E-state index in [-0.39, 0.29) is 5.41 Å². The molecular weight excluding hydrogens is 242 g/mol. The average Bonchev–Trinajstić information content (AvgIpc) is 2.56. The molecule has 0 saturated heterocycles. The van der Waals surface area contributed by atoms with Gasteiger partial charge in [0.05, 0.1) is 0 Å². The first-order chi connectivity index (χ1) is 9.85. The number of hydrogen-bond acceptors (Lipinski definition) is 1. The third-order valence-corrected chi connectivity index (χ3v) is 4.53. The Balaban J connectivity index is 2.08. The van der Waals surface area contributed by atoms with E-state index in [0.717, 1.165) is 19.3 Å². The van der Waals surface area contributed by atoms with Crippen molar-refractivity contribution in [2.24, 2.45) is 5.73 Å². The van der Waals surface area contributed by atoms with Crippen LogP contribution in [0.1, 0.15) is 30.4 Å².